The van der Waals surface area contributed by atoms with Crippen LogP contribution >= 0.6 is 11.6 Å². The van der Waals surface area contributed by atoms with E-state index in [2.05, 4.69) is 15.3 Å². The lowest BCUT2D eigenvalue weighted by Crippen LogP contribution is -2.19. The molecule has 4 N–H and O–H groups in total. The lowest BCUT2D eigenvalue weighted by Gasteiger charge is -2.20. The second kappa shape index (κ2) is 11.4. The maximum atomic E-state index is 14.2. The Labute approximate surface area is 240 Å². The molecule has 208 valence electrons. The highest BCUT2D eigenvalue weighted by molar-refractivity contribution is 6.32. The molecule has 2 heterocycles. The first-order valence-corrected chi connectivity index (χ1v) is 13.3. The number of para-hydroxylation sites is 1. The second-order valence-electron chi connectivity index (χ2n) is 9.71. The summed E-state index contributed by atoms with van der Waals surface area (Å²) in [6, 6.07) is 17.0. The molecule has 2 aromatic heterocycles. The van der Waals surface area contributed by atoms with Gasteiger partial charge in [-0.3, -0.25) is 10.2 Å². The van der Waals surface area contributed by atoms with E-state index in [1.807, 2.05) is 13.8 Å². The molecule has 0 saturated heterocycles. The molecule has 5 aromatic rings. The number of rotatable bonds is 8. The first-order valence-electron chi connectivity index (χ1n) is 12.9. The van der Waals surface area contributed by atoms with Gasteiger partial charge in [-0.2, -0.15) is 0 Å². The number of nitrogens with one attached hydrogen (secondary N) is 2. The van der Waals surface area contributed by atoms with Gasteiger partial charge in [-0.1, -0.05) is 35.9 Å². The van der Waals surface area contributed by atoms with Crippen LogP contribution in [0.25, 0.3) is 22.1 Å². The van der Waals surface area contributed by atoms with Gasteiger partial charge in [0.25, 0.3) is 0 Å². The maximum Gasteiger partial charge on any atom is 0.200 e. The fraction of sp³-hybridized carbons (Fsp3) is 0.161. The number of fused-ring (bicyclic) bond motifs is 1. The van der Waals surface area contributed by atoms with E-state index in [0.717, 1.165) is 0 Å². The molecule has 0 radical (unpaired) electrons. The van der Waals surface area contributed by atoms with Gasteiger partial charge in [0, 0.05) is 5.56 Å². The van der Waals surface area contributed by atoms with Gasteiger partial charge in [0.1, 0.15) is 40.9 Å². The SMILES string of the molecule is CC(C)Oc1ccc(C(=N)c2c(N)ncnc2NC(C)c2oc3ccccc3c(=O)c2-c2cccc(F)c2)cc1Cl. The van der Waals surface area contributed by atoms with Crippen molar-refractivity contribution < 1.29 is 13.5 Å². The van der Waals surface area contributed by atoms with E-state index in [-0.39, 0.29) is 45.8 Å². The van der Waals surface area contributed by atoms with Crippen LogP contribution < -0.4 is 21.2 Å². The fourth-order valence-electron chi connectivity index (χ4n) is 4.56. The van der Waals surface area contributed by atoms with E-state index >= 15 is 0 Å². The van der Waals surface area contributed by atoms with E-state index in [9.17, 15) is 9.18 Å². The summed E-state index contributed by atoms with van der Waals surface area (Å²) >= 11 is 6.43. The summed E-state index contributed by atoms with van der Waals surface area (Å²) in [5.41, 5.74) is 7.66. The van der Waals surface area contributed by atoms with Gasteiger partial charge in [-0.05, 0) is 68.8 Å². The molecule has 1 unspecified atom stereocenters. The Kier molecular flexibility index (Phi) is 7.72. The minimum Gasteiger partial charge on any atom is -0.489 e. The predicted octanol–water partition coefficient (Wildman–Crippen LogP) is 7.00. The summed E-state index contributed by atoms with van der Waals surface area (Å²) in [7, 11) is 0. The summed E-state index contributed by atoms with van der Waals surface area (Å²) in [6.07, 6.45) is 1.21. The van der Waals surface area contributed by atoms with Gasteiger partial charge in [0.05, 0.1) is 39.4 Å². The highest BCUT2D eigenvalue weighted by Gasteiger charge is 2.24. The largest absolute Gasteiger partial charge is 0.489 e. The molecular formula is C31H27ClFN5O3. The zero-order chi connectivity index (χ0) is 29.3. The summed E-state index contributed by atoms with van der Waals surface area (Å²) < 4.78 is 26.2. The normalized spacial score (nSPS) is 12.0. The van der Waals surface area contributed by atoms with Crippen LogP contribution in [0.3, 0.4) is 0 Å². The van der Waals surface area contributed by atoms with Crippen LogP contribution in [0, 0.1) is 11.2 Å². The Morgan fingerprint density at radius 2 is 1.85 bits per heavy atom. The molecule has 0 fully saturated rings. The first kappa shape index (κ1) is 27.8. The molecule has 8 nitrogen and oxygen atoms in total. The third kappa shape index (κ3) is 5.62. The fourth-order valence-corrected chi connectivity index (χ4v) is 4.78. The van der Waals surface area contributed by atoms with Gasteiger partial charge >= 0.3 is 0 Å². The number of nitrogen functional groups attached to an aromatic ring is 1. The highest BCUT2D eigenvalue weighted by atomic mass is 35.5. The van der Waals surface area contributed by atoms with Crippen molar-refractivity contribution in [2.45, 2.75) is 32.9 Å². The Hall–Kier alpha value is -4.76. The number of anilines is 2. The Morgan fingerprint density at radius 3 is 2.59 bits per heavy atom. The van der Waals surface area contributed by atoms with Gasteiger partial charge in [-0.25, -0.2) is 14.4 Å². The summed E-state index contributed by atoms with van der Waals surface area (Å²) in [5, 5.41) is 12.9. The van der Waals surface area contributed by atoms with Crippen molar-refractivity contribution in [1.82, 2.24) is 9.97 Å². The molecule has 0 spiro atoms. The summed E-state index contributed by atoms with van der Waals surface area (Å²) in [5.74, 6) is 0.605. The van der Waals surface area contributed by atoms with E-state index in [1.165, 1.54) is 24.5 Å². The number of hydrogen-bond acceptors (Lipinski definition) is 8. The smallest absolute Gasteiger partial charge is 0.200 e. The van der Waals surface area contributed by atoms with Crippen LogP contribution in [0.2, 0.25) is 5.02 Å². The molecule has 10 heteroatoms. The molecule has 5 rings (SSSR count). The zero-order valence-corrected chi connectivity index (χ0v) is 23.3. The molecule has 0 aliphatic heterocycles. The van der Waals surface area contributed by atoms with Gasteiger partial charge in [-0.15, -0.1) is 0 Å². The van der Waals surface area contributed by atoms with Crippen LogP contribution in [0.1, 0.15) is 43.7 Å². The van der Waals surface area contributed by atoms with Crippen molar-refractivity contribution in [3.63, 3.8) is 0 Å². The van der Waals surface area contributed by atoms with E-state index in [0.29, 0.717) is 32.9 Å². The zero-order valence-electron chi connectivity index (χ0n) is 22.5. The third-order valence-electron chi connectivity index (χ3n) is 6.39. The molecular weight excluding hydrogens is 545 g/mol. The summed E-state index contributed by atoms with van der Waals surface area (Å²) in [6.45, 7) is 5.56. The minimum absolute atomic E-state index is 0.0288. The monoisotopic (exact) mass is 571 g/mol. The number of ether oxygens (including phenoxy) is 1. The van der Waals surface area contributed by atoms with Gasteiger partial charge in [0.15, 0.2) is 0 Å². The van der Waals surface area contributed by atoms with Crippen molar-refractivity contribution in [3.8, 4) is 16.9 Å². The molecule has 0 amide bonds. The molecule has 3 aromatic carbocycles. The van der Waals surface area contributed by atoms with Crippen molar-refractivity contribution in [1.29, 1.82) is 5.41 Å². The average molecular weight is 572 g/mol. The number of nitrogens with two attached hydrogens (primary N) is 1. The molecule has 0 saturated carbocycles. The van der Waals surface area contributed by atoms with Crippen molar-refractivity contribution in [3.05, 3.63) is 111 Å². The van der Waals surface area contributed by atoms with Crippen LogP contribution in [0.15, 0.2) is 82.3 Å². The van der Waals surface area contributed by atoms with Crippen LogP contribution in [-0.4, -0.2) is 21.8 Å². The number of hydrogen-bond donors (Lipinski definition) is 3. The average Bonchev–Trinajstić information content (AvgIpc) is 2.93. The lowest BCUT2D eigenvalue weighted by atomic mass is 9.98. The summed E-state index contributed by atoms with van der Waals surface area (Å²) in [4.78, 5) is 22.1. The van der Waals surface area contributed by atoms with E-state index in [4.69, 9.17) is 31.9 Å². The molecule has 0 aliphatic rings. The number of benzene rings is 3. The number of aromatic nitrogens is 2. The van der Waals surface area contributed by atoms with Crippen molar-refractivity contribution in [2.24, 2.45) is 0 Å². The molecule has 41 heavy (non-hydrogen) atoms. The van der Waals surface area contributed by atoms with Gasteiger partial charge in [0.2, 0.25) is 5.43 Å². The van der Waals surface area contributed by atoms with Gasteiger partial charge < -0.3 is 20.2 Å². The Morgan fingerprint density at radius 1 is 1.07 bits per heavy atom. The second-order valence-corrected chi connectivity index (χ2v) is 10.1. The third-order valence-corrected chi connectivity index (χ3v) is 6.69. The van der Waals surface area contributed by atoms with E-state index < -0.39 is 11.9 Å². The topological polar surface area (TPSA) is 127 Å². The number of nitrogens with zero attached hydrogens (tertiary/aromatic N) is 2. The Balaban J connectivity index is 1.58. The van der Waals surface area contributed by atoms with E-state index in [1.54, 1.807) is 55.5 Å². The predicted molar refractivity (Wildman–Crippen MR) is 160 cm³/mol. The van der Waals surface area contributed by atoms with Crippen molar-refractivity contribution >= 4 is 39.9 Å². The quantitative estimate of drug-likeness (QED) is 0.171. The molecule has 1 atom stereocenters. The molecule has 0 bridgehead atoms. The Bertz CT molecular complexity index is 1840. The molecule has 0 aliphatic carbocycles. The minimum atomic E-state index is -0.656. The highest BCUT2D eigenvalue weighted by Crippen LogP contribution is 2.33. The van der Waals surface area contributed by atoms with Crippen LogP contribution in [0.5, 0.6) is 5.75 Å². The first-order chi connectivity index (χ1) is 19.6. The standard InChI is InChI=1S/C31H27ClFN5O3/c1-16(2)40-24-12-11-19(14-22(24)32)27(34)26-30(35)36-15-37-31(26)38-17(3)29-25(18-7-6-8-20(33)13-18)28(39)21-9-4-5-10-23(21)41-29/h4-17,34H,1-3H3,(H3,35,36,37,38). The lowest BCUT2D eigenvalue weighted by molar-refractivity contribution is 0.242. The maximum absolute atomic E-state index is 14.2. The van der Waals surface area contributed by atoms with Crippen molar-refractivity contribution in [2.75, 3.05) is 11.1 Å². The van der Waals surface area contributed by atoms with Crippen LogP contribution in [0.4, 0.5) is 16.0 Å². The number of halogens is 2. The van der Waals surface area contributed by atoms with Crippen LogP contribution in [-0.2, 0) is 0 Å².